The Hall–Kier alpha value is -3.13. The van der Waals surface area contributed by atoms with E-state index in [0.29, 0.717) is 11.3 Å². The van der Waals surface area contributed by atoms with Crippen molar-refractivity contribution >= 4 is 5.97 Å². The summed E-state index contributed by atoms with van der Waals surface area (Å²) >= 11 is 0. The molecule has 2 aromatic carbocycles. The maximum absolute atomic E-state index is 14.2. The van der Waals surface area contributed by atoms with Crippen LogP contribution in [0.3, 0.4) is 0 Å². The van der Waals surface area contributed by atoms with E-state index in [2.05, 4.69) is 19.9 Å². The molecule has 3 atom stereocenters. The quantitative estimate of drug-likeness (QED) is 0.396. The van der Waals surface area contributed by atoms with Crippen LogP contribution >= 0.6 is 0 Å². The minimum Gasteiger partial charge on any atom is -0.454 e. The van der Waals surface area contributed by atoms with Crippen molar-refractivity contribution in [2.24, 2.45) is 17.3 Å². The van der Waals surface area contributed by atoms with Crippen molar-refractivity contribution in [3.05, 3.63) is 71.6 Å². The number of rotatable bonds is 6. The first-order valence-corrected chi connectivity index (χ1v) is 10.7. The number of nitrogens with zero attached hydrogens (tertiary/aromatic N) is 1. The normalized spacial score (nSPS) is 22.3. The molecule has 2 saturated carbocycles. The molecule has 0 aromatic heterocycles. The highest BCUT2D eigenvalue weighted by molar-refractivity contribution is 5.78. The smallest absolute Gasteiger partial charge is 0.311 e. The Kier molecular flexibility index (Phi) is 5.82. The SMILES string of the molecule is CC1(C)[C@H](C=C2CCCC2)[C@H]1C(=O)O[C@H](C#N)c1ccc(F)c(Oc2ccccc2)c1. The van der Waals surface area contributed by atoms with Crippen LogP contribution in [0.2, 0.25) is 0 Å². The van der Waals surface area contributed by atoms with E-state index in [1.165, 1.54) is 36.6 Å². The molecule has 5 heteroatoms. The highest BCUT2D eigenvalue weighted by atomic mass is 19.1. The molecule has 0 spiro atoms. The second kappa shape index (κ2) is 8.55. The number of halogens is 1. The Balaban J connectivity index is 1.48. The molecule has 4 rings (SSSR count). The third-order valence-electron chi connectivity index (χ3n) is 6.41. The summed E-state index contributed by atoms with van der Waals surface area (Å²) in [6.07, 6.45) is 5.75. The fraction of sp³-hybridized carbons (Fsp3) is 0.385. The lowest BCUT2D eigenvalue weighted by Gasteiger charge is -2.14. The summed E-state index contributed by atoms with van der Waals surface area (Å²) in [5, 5.41) is 9.63. The predicted octanol–water partition coefficient (Wildman–Crippen LogP) is 6.50. The molecule has 0 bridgehead atoms. The first-order valence-electron chi connectivity index (χ1n) is 10.7. The zero-order valence-electron chi connectivity index (χ0n) is 17.8. The topological polar surface area (TPSA) is 59.3 Å². The summed E-state index contributed by atoms with van der Waals surface area (Å²) in [7, 11) is 0. The molecule has 31 heavy (non-hydrogen) atoms. The van der Waals surface area contributed by atoms with Crippen LogP contribution < -0.4 is 4.74 Å². The molecular weight excluding hydrogens is 393 g/mol. The third-order valence-corrected chi connectivity index (χ3v) is 6.41. The third kappa shape index (κ3) is 4.49. The van der Waals surface area contributed by atoms with Gasteiger partial charge in [0.2, 0.25) is 6.10 Å². The van der Waals surface area contributed by atoms with Crippen molar-refractivity contribution in [1.29, 1.82) is 5.26 Å². The van der Waals surface area contributed by atoms with Crippen molar-refractivity contribution in [2.45, 2.75) is 45.6 Å². The number of allylic oxidation sites excluding steroid dienone is 2. The molecule has 0 N–H and O–H groups in total. The number of carbonyl (C=O) groups is 1. The van der Waals surface area contributed by atoms with Crippen LogP contribution in [0.25, 0.3) is 0 Å². The second-order valence-electron chi connectivity index (χ2n) is 8.91. The number of para-hydroxylation sites is 1. The minimum absolute atomic E-state index is 0.0180. The van der Waals surface area contributed by atoms with Gasteiger partial charge in [0, 0.05) is 5.56 Å². The van der Waals surface area contributed by atoms with E-state index in [4.69, 9.17) is 9.47 Å². The number of benzene rings is 2. The average molecular weight is 419 g/mol. The number of esters is 1. The van der Waals surface area contributed by atoms with Crippen molar-refractivity contribution in [3.8, 4) is 17.6 Å². The molecule has 0 aliphatic heterocycles. The van der Waals surface area contributed by atoms with Gasteiger partial charge in [-0.15, -0.1) is 0 Å². The highest BCUT2D eigenvalue weighted by Crippen LogP contribution is 2.60. The molecule has 2 aliphatic carbocycles. The van der Waals surface area contributed by atoms with Gasteiger partial charge in [-0.25, -0.2) is 4.39 Å². The lowest BCUT2D eigenvalue weighted by atomic mass is 10.1. The van der Waals surface area contributed by atoms with E-state index < -0.39 is 11.9 Å². The first-order chi connectivity index (χ1) is 14.9. The largest absolute Gasteiger partial charge is 0.454 e. The van der Waals surface area contributed by atoms with Crippen molar-refractivity contribution < 1.29 is 18.7 Å². The summed E-state index contributed by atoms with van der Waals surface area (Å²) in [4.78, 5) is 12.9. The molecule has 0 amide bonds. The Morgan fingerprint density at radius 3 is 2.58 bits per heavy atom. The Labute approximate surface area is 182 Å². The molecule has 0 heterocycles. The van der Waals surface area contributed by atoms with Crippen LogP contribution in [0.5, 0.6) is 11.5 Å². The molecule has 4 nitrogen and oxygen atoms in total. The van der Waals surface area contributed by atoms with Gasteiger partial charge < -0.3 is 9.47 Å². The van der Waals surface area contributed by atoms with Gasteiger partial charge in [-0.1, -0.05) is 49.8 Å². The average Bonchev–Trinajstić information content (AvgIpc) is 3.08. The zero-order chi connectivity index (χ0) is 22.0. The standard InChI is InChI=1S/C26H26FNO3/c1-26(2)20(14-17-8-6-7-9-17)24(26)25(29)31-23(16-28)18-12-13-21(27)22(15-18)30-19-10-4-3-5-11-19/h3-5,10-15,20,23-24H,6-9H2,1-2H3/t20-,23-,24+/m1/s1. The molecule has 2 aliphatic rings. The summed E-state index contributed by atoms with van der Waals surface area (Å²) in [5.74, 6) is -0.606. The number of hydrogen-bond acceptors (Lipinski definition) is 4. The Morgan fingerprint density at radius 1 is 1.19 bits per heavy atom. The van der Waals surface area contributed by atoms with E-state index >= 15 is 0 Å². The maximum Gasteiger partial charge on any atom is 0.311 e. The summed E-state index contributed by atoms with van der Waals surface area (Å²) in [6, 6.07) is 14.9. The van der Waals surface area contributed by atoms with Gasteiger partial charge in [-0.2, -0.15) is 5.26 Å². The molecule has 160 valence electrons. The van der Waals surface area contributed by atoms with Gasteiger partial charge in [-0.3, -0.25) is 4.79 Å². The van der Waals surface area contributed by atoms with Crippen molar-refractivity contribution in [2.75, 3.05) is 0 Å². The lowest BCUT2D eigenvalue weighted by Crippen LogP contribution is -2.14. The maximum atomic E-state index is 14.2. The van der Waals surface area contributed by atoms with Crippen LogP contribution in [-0.4, -0.2) is 5.97 Å². The predicted molar refractivity (Wildman–Crippen MR) is 115 cm³/mol. The second-order valence-corrected chi connectivity index (χ2v) is 8.91. The molecule has 0 radical (unpaired) electrons. The molecule has 2 aromatic rings. The van der Waals surface area contributed by atoms with Gasteiger partial charge in [0.25, 0.3) is 0 Å². The van der Waals surface area contributed by atoms with Crippen LogP contribution in [0, 0.1) is 34.4 Å². The van der Waals surface area contributed by atoms with E-state index in [9.17, 15) is 14.4 Å². The van der Waals surface area contributed by atoms with Crippen LogP contribution in [0.15, 0.2) is 60.2 Å². The number of nitriles is 1. The molecule has 2 fully saturated rings. The Bertz CT molecular complexity index is 1030. The fourth-order valence-electron chi connectivity index (χ4n) is 4.42. The van der Waals surface area contributed by atoms with Gasteiger partial charge >= 0.3 is 5.97 Å². The number of hydrogen-bond donors (Lipinski definition) is 0. The van der Waals surface area contributed by atoms with Gasteiger partial charge in [0.05, 0.1) is 5.92 Å². The van der Waals surface area contributed by atoms with Crippen molar-refractivity contribution in [3.63, 3.8) is 0 Å². The summed E-state index contributed by atoms with van der Waals surface area (Å²) < 4.78 is 25.4. The molecular formula is C26H26FNO3. The minimum atomic E-state index is -1.12. The number of carbonyl (C=O) groups excluding carboxylic acids is 1. The van der Waals surface area contributed by atoms with E-state index in [-0.39, 0.29) is 29.0 Å². The van der Waals surface area contributed by atoms with E-state index in [1.54, 1.807) is 24.3 Å². The molecule has 0 saturated heterocycles. The zero-order valence-corrected chi connectivity index (χ0v) is 17.8. The summed E-state index contributed by atoms with van der Waals surface area (Å²) in [6.45, 7) is 4.11. The van der Waals surface area contributed by atoms with E-state index in [1.807, 2.05) is 12.1 Å². The van der Waals surface area contributed by atoms with Crippen molar-refractivity contribution in [1.82, 2.24) is 0 Å². The van der Waals surface area contributed by atoms with Gasteiger partial charge in [0.15, 0.2) is 11.6 Å². The van der Waals surface area contributed by atoms with Gasteiger partial charge in [-0.05, 0) is 61.3 Å². The monoisotopic (exact) mass is 419 g/mol. The summed E-state index contributed by atoms with van der Waals surface area (Å²) in [5.41, 5.74) is 1.62. The van der Waals surface area contributed by atoms with Gasteiger partial charge in [0.1, 0.15) is 11.8 Å². The lowest BCUT2D eigenvalue weighted by molar-refractivity contribution is -0.149. The number of ether oxygens (including phenoxy) is 2. The first kappa shape index (κ1) is 21.1. The van der Waals surface area contributed by atoms with Crippen LogP contribution in [0.1, 0.15) is 51.2 Å². The van der Waals surface area contributed by atoms with E-state index in [0.717, 1.165) is 12.8 Å². The highest BCUT2D eigenvalue weighted by Gasteiger charge is 2.61. The van der Waals surface area contributed by atoms with Crippen LogP contribution in [0.4, 0.5) is 4.39 Å². The van der Waals surface area contributed by atoms with Crippen LogP contribution in [-0.2, 0) is 9.53 Å². The molecule has 0 unspecified atom stereocenters. The Morgan fingerprint density at radius 2 is 1.90 bits per heavy atom. The fourth-order valence-corrected chi connectivity index (χ4v) is 4.42.